The smallest absolute Gasteiger partial charge is 0.333 e. The zero-order valence-corrected chi connectivity index (χ0v) is 8.79. The molecule has 2 nitrogen and oxygen atoms in total. The molecule has 0 aromatic rings. The van der Waals surface area contributed by atoms with Crippen LogP contribution in [-0.2, 0) is 9.53 Å². The van der Waals surface area contributed by atoms with Gasteiger partial charge in [-0.3, -0.25) is 0 Å². The SMILES string of the molecule is C=C(C)C(=O)OC1CC2CCCC1C2. The van der Waals surface area contributed by atoms with Gasteiger partial charge in [0, 0.05) is 5.57 Å². The van der Waals surface area contributed by atoms with E-state index in [0.717, 1.165) is 12.3 Å². The number of fused-ring (bicyclic) bond motifs is 2. The minimum atomic E-state index is -0.206. The number of hydrogen-bond donors (Lipinski definition) is 0. The third-order valence-electron chi connectivity index (χ3n) is 3.52. The van der Waals surface area contributed by atoms with Crippen molar-refractivity contribution >= 4 is 5.97 Å². The fourth-order valence-electron chi connectivity index (χ4n) is 2.79. The van der Waals surface area contributed by atoms with E-state index < -0.39 is 0 Å². The molecule has 2 heteroatoms. The fourth-order valence-corrected chi connectivity index (χ4v) is 2.79. The molecule has 0 radical (unpaired) electrons. The quantitative estimate of drug-likeness (QED) is 0.499. The van der Waals surface area contributed by atoms with E-state index in [0.29, 0.717) is 11.5 Å². The number of hydrogen-bond acceptors (Lipinski definition) is 2. The normalized spacial score (nSPS) is 35.4. The van der Waals surface area contributed by atoms with Crippen molar-refractivity contribution in [1.82, 2.24) is 0 Å². The van der Waals surface area contributed by atoms with Gasteiger partial charge in [0.15, 0.2) is 0 Å². The molecule has 2 fully saturated rings. The first-order valence-electron chi connectivity index (χ1n) is 5.53. The lowest BCUT2D eigenvalue weighted by Gasteiger charge is -2.20. The van der Waals surface area contributed by atoms with Crippen LogP contribution in [0.1, 0.15) is 39.0 Å². The van der Waals surface area contributed by atoms with Crippen molar-refractivity contribution in [3.63, 3.8) is 0 Å². The molecule has 0 spiro atoms. The molecule has 3 atom stereocenters. The van der Waals surface area contributed by atoms with Gasteiger partial charge in [0.25, 0.3) is 0 Å². The van der Waals surface area contributed by atoms with Crippen LogP contribution in [0, 0.1) is 11.8 Å². The highest BCUT2D eigenvalue weighted by molar-refractivity contribution is 5.87. The molecule has 0 saturated heterocycles. The summed E-state index contributed by atoms with van der Waals surface area (Å²) in [6.45, 7) is 5.32. The van der Waals surface area contributed by atoms with Gasteiger partial charge in [-0.05, 0) is 38.0 Å². The van der Waals surface area contributed by atoms with E-state index in [1.807, 2.05) is 0 Å². The summed E-state index contributed by atoms with van der Waals surface area (Å²) in [6.07, 6.45) is 6.43. The Morgan fingerprint density at radius 2 is 2.14 bits per heavy atom. The Kier molecular flexibility index (Phi) is 2.62. The highest BCUT2D eigenvalue weighted by atomic mass is 16.5. The average molecular weight is 194 g/mol. The first-order chi connectivity index (χ1) is 6.66. The second-order valence-electron chi connectivity index (χ2n) is 4.75. The molecule has 2 rings (SSSR count). The number of carbonyl (C=O) groups excluding carboxylic acids is 1. The van der Waals surface area contributed by atoms with Gasteiger partial charge in [0.05, 0.1) is 0 Å². The third-order valence-corrected chi connectivity index (χ3v) is 3.52. The molecule has 78 valence electrons. The van der Waals surface area contributed by atoms with Crippen LogP contribution < -0.4 is 0 Å². The predicted octanol–water partition coefficient (Wildman–Crippen LogP) is 2.68. The Bertz CT molecular complexity index is 257. The monoisotopic (exact) mass is 194 g/mol. The summed E-state index contributed by atoms with van der Waals surface area (Å²) in [6, 6.07) is 0. The van der Waals surface area contributed by atoms with E-state index in [2.05, 4.69) is 6.58 Å². The van der Waals surface area contributed by atoms with Gasteiger partial charge in [-0.2, -0.15) is 0 Å². The summed E-state index contributed by atoms with van der Waals surface area (Å²) in [7, 11) is 0. The van der Waals surface area contributed by atoms with Crippen LogP contribution in [0.2, 0.25) is 0 Å². The Morgan fingerprint density at radius 3 is 2.79 bits per heavy atom. The van der Waals surface area contributed by atoms with Gasteiger partial charge in [-0.15, -0.1) is 0 Å². The van der Waals surface area contributed by atoms with Gasteiger partial charge < -0.3 is 4.74 Å². The molecule has 3 unspecified atom stereocenters. The molecule has 2 saturated carbocycles. The molecule has 2 aliphatic rings. The number of carbonyl (C=O) groups is 1. The molecule has 14 heavy (non-hydrogen) atoms. The molecule has 0 aromatic carbocycles. The Balaban J connectivity index is 1.93. The van der Waals surface area contributed by atoms with Gasteiger partial charge in [-0.25, -0.2) is 4.79 Å². The van der Waals surface area contributed by atoms with E-state index in [4.69, 9.17) is 4.74 Å². The van der Waals surface area contributed by atoms with E-state index in [1.54, 1.807) is 6.92 Å². The topological polar surface area (TPSA) is 26.3 Å². The summed E-state index contributed by atoms with van der Waals surface area (Å²) in [5, 5.41) is 0. The first-order valence-corrected chi connectivity index (χ1v) is 5.53. The van der Waals surface area contributed by atoms with Crippen molar-refractivity contribution in [3.05, 3.63) is 12.2 Å². The maximum Gasteiger partial charge on any atom is 0.333 e. The number of rotatable bonds is 2. The summed E-state index contributed by atoms with van der Waals surface area (Å²) >= 11 is 0. The van der Waals surface area contributed by atoms with Crippen molar-refractivity contribution in [2.24, 2.45) is 11.8 Å². The summed E-state index contributed by atoms with van der Waals surface area (Å²) < 4.78 is 5.45. The largest absolute Gasteiger partial charge is 0.459 e. The third kappa shape index (κ3) is 1.84. The van der Waals surface area contributed by atoms with E-state index >= 15 is 0 Å². The Hall–Kier alpha value is -0.790. The summed E-state index contributed by atoms with van der Waals surface area (Å²) in [5.41, 5.74) is 0.520. The Morgan fingerprint density at radius 1 is 1.36 bits per heavy atom. The maximum atomic E-state index is 11.4. The van der Waals surface area contributed by atoms with Crippen LogP contribution in [0.5, 0.6) is 0 Å². The van der Waals surface area contributed by atoms with Crippen LogP contribution in [0.15, 0.2) is 12.2 Å². The number of esters is 1. The molecule has 0 N–H and O–H groups in total. The Labute approximate surface area is 85.3 Å². The van der Waals surface area contributed by atoms with E-state index in [9.17, 15) is 4.79 Å². The first kappa shape index (κ1) is 9.75. The van der Waals surface area contributed by atoms with E-state index in [1.165, 1.54) is 25.7 Å². The van der Waals surface area contributed by atoms with Crippen LogP contribution in [-0.4, -0.2) is 12.1 Å². The molecule has 2 aliphatic carbocycles. The molecule has 2 bridgehead atoms. The molecule has 0 heterocycles. The van der Waals surface area contributed by atoms with Crippen molar-refractivity contribution in [3.8, 4) is 0 Å². The predicted molar refractivity (Wildman–Crippen MR) is 54.8 cm³/mol. The standard InChI is InChI=1S/C12H18O2/c1-8(2)12(13)14-11-7-9-4-3-5-10(11)6-9/h9-11H,1,3-7H2,2H3. The van der Waals surface area contributed by atoms with Gasteiger partial charge >= 0.3 is 5.97 Å². The van der Waals surface area contributed by atoms with Crippen LogP contribution in [0.25, 0.3) is 0 Å². The second-order valence-corrected chi connectivity index (χ2v) is 4.75. The highest BCUT2D eigenvalue weighted by Crippen LogP contribution is 2.43. The maximum absolute atomic E-state index is 11.4. The van der Waals surface area contributed by atoms with Gasteiger partial charge in [0.1, 0.15) is 6.10 Å². The van der Waals surface area contributed by atoms with Crippen LogP contribution in [0.3, 0.4) is 0 Å². The minimum Gasteiger partial charge on any atom is -0.459 e. The lowest BCUT2D eigenvalue weighted by Crippen LogP contribution is -2.22. The summed E-state index contributed by atoms with van der Waals surface area (Å²) in [5.74, 6) is 1.25. The second kappa shape index (κ2) is 3.76. The lowest BCUT2D eigenvalue weighted by atomic mass is 9.89. The van der Waals surface area contributed by atoms with Crippen molar-refractivity contribution < 1.29 is 9.53 Å². The molecular formula is C12H18O2. The average Bonchev–Trinajstić information content (AvgIpc) is 2.41. The van der Waals surface area contributed by atoms with Gasteiger partial charge in [0.2, 0.25) is 0 Å². The van der Waals surface area contributed by atoms with E-state index in [-0.39, 0.29) is 12.1 Å². The molecular weight excluding hydrogens is 176 g/mol. The van der Waals surface area contributed by atoms with Crippen LogP contribution >= 0.6 is 0 Å². The van der Waals surface area contributed by atoms with Crippen LogP contribution in [0.4, 0.5) is 0 Å². The number of ether oxygens (including phenoxy) is 1. The van der Waals surface area contributed by atoms with Crippen molar-refractivity contribution in [2.75, 3.05) is 0 Å². The fraction of sp³-hybridized carbons (Fsp3) is 0.750. The lowest BCUT2D eigenvalue weighted by molar-refractivity contribution is -0.145. The zero-order chi connectivity index (χ0) is 10.1. The minimum absolute atomic E-state index is 0.187. The highest BCUT2D eigenvalue weighted by Gasteiger charge is 2.39. The van der Waals surface area contributed by atoms with Crippen molar-refractivity contribution in [2.45, 2.75) is 45.1 Å². The molecule has 0 amide bonds. The molecule has 0 aliphatic heterocycles. The molecule has 0 aromatic heterocycles. The van der Waals surface area contributed by atoms with Gasteiger partial charge in [-0.1, -0.05) is 19.4 Å². The summed E-state index contributed by atoms with van der Waals surface area (Å²) in [4.78, 5) is 11.4. The zero-order valence-electron chi connectivity index (χ0n) is 8.79. The van der Waals surface area contributed by atoms with Crippen molar-refractivity contribution in [1.29, 1.82) is 0 Å².